The fraction of sp³-hybridized carbons (Fsp3) is 0.233. The molecule has 0 unspecified atom stereocenters. The lowest BCUT2D eigenvalue weighted by atomic mass is 10.1. The molecule has 3 N–H and O–H groups in total. The highest BCUT2D eigenvalue weighted by atomic mass is 35.5. The first kappa shape index (κ1) is 27.7. The van der Waals surface area contributed by atoms with Gasteiger partial charge in [0.25, 0.3) is 5.91 Å². The lowest BCUT2D eigenvalue weighted by Gasteiger charge is -2.15. The number of ether oxygens (including phenoxy) is 1. The highest BCUT2D eigenvalue weighted by Crippen LogP contribution is 2.25. The quantitative estimate of drug-likeness (QED) is 0.166. The second kappa shape index (κ2) is 12.5. The van der Waals surface area contributed by atoms with Crippen LogP contribution < -0.4 is 20.8 Å². The molecule has 0 aliphatic rings. The van der Waals surface area contributed by atoms with Crippen molar-refractivity contribution in [3.63, 3.8) is 0 Å². The van der Waals surface area contributed by atoms with Gasteiger partial charge in [0, 0.05) is 21.8 Å². The third-order valence-corrected chi connectivity index (χ3v) is 6.50. The van der Waals surface area contributed by atoms with Gasteiger partial charge in [-0.15, -0.1) is 0 Å². The Labute approximate surface area is 232 Å². The number of para-hydroxylation sites is 1. The van der Waals surface area contributed by atoms with Crippen LogP contribution >= 0.6 is 11.6 Å². The number of benzene rings is 3. The number of anilines is 2. The molecule has 0 saturated heterocycles. The van der Waals surface area contributed by atoms with Crippen LogP contribution in [0, 0.1) is 13.8 Å². The van der Waals surface area contributed by atoms with E-state index in [1.54, 1.807) is 48.5 Å². The molecule has 4 aromatic rings. The van der Waals surface area contributed by atoms with Gasteiger partial charge in [0.1, 0.15) is 11.4 Å². The average Bonchev–Trinajstić information content (AvgIpc) is 3.26. The maximum atomic E-state index is 13.4. The van der Waals surface area contributed by atoms with Gasteiger partial charge in [-0.2, -0.15) is 0 Å². The Morgan fingerprint density at radius 3 is 2.28 bits per heavy atom. The van der Waals surface area contributed by atoms with Crippen molar-refractivity contribution < 1.29 is 19.1 Å². The molecule has 9 heteroatoms. The third kappa shape index (κ3) is 6.78. The average molecular weight is 547 g/mol. The Hall–Kier alpha value is -4.30. The Morgan fingerprint density at radius 1 is 0.872 bits per heavy atom. The van der Waals surface area contributed by atoms with Crippen molar-refractivity contribution in [1.29, 1.82) is 0 Å². The van der Waals surface area contributed by atoms with Crippen LogP contribution in [0.1, 0.15) is 47.8 Å². The molecule has 0 aliphatic carbocycles. The van der Waals surface area contributed by atoms with Crippen molar-refractivity contribution in [2.24, 2.45) is 0 Å². The minimum absolute atomic E-state index is 0.139. The molecule has 39 heavy (non-hydrogen) atoms. The van der Waals surface area contributed by atoms with E-state index in [4.69, 9.17) is 16.3 Å². The molecule has 1 aromatic heterocycles. The predicted molar refractivity (Wildman–Crippen MR) is 155 cm³/mol. The first-order valence-corrected chi connectivity index (χ1v) is 13.2. The van der Waals surface area contributed by atoms with E-state index in [2.05, 4.69) is 23.0 Å². The lowest BCUT2D eigenvalue weighted by Crippen LogP contribution is -2.36. The number of aromatic nitrogens is 1. The summed E-state index contributed by atoms with van der Waals surface area (Å²) in [5.74, 6) is -1.59. The molecular weight excluding hydrogens is 516 g/mol. The van der Waals surface area contributed by atoms with E-state index in [1.807, 2.05) is 32.0 Å². The van der Waals surface area contributed by atoms with E-state index >= 15 is 0 Å². The molecule has 0 radical (unpaired) electrons. The van der Waals surface area contributed by atoms with E-state index in [0.29, 0.717) is 39.7 Å². The van der Waals surface area contributed by atoms with Gasteiger partial charge in [-0.25, -0.2) is 4.68 Å². The number of fused-ring (bicyclic) bond motifs is 1. The van der Waals surface area contributed by atoms with Crippen LogP contribution in [0.2, 0.25) is 5.02 Å². The highest BCUT2D eigenvalue weighted by Gasteiger charge is 2.22. The summed E-state index contributed by atoms with van der Waals surface area (Å²) >= 11 is 6.16. The van der Waals surface area contributed by atoms with Crippen LogP contribution in [0.3, 0.4) is 0 Å². The monoisotopic (exact) mass is 546 g/mol. The number of amides is 3. The third-order valence-electron chi connectivity index (χ3n) is 6.26. The number of halogens is 1. The van der Waals surface area contributed by atoms with Crippen molar-refractivity contribution in [3.8, 4) is 5.75 Å². The maximum Gasteiger partial charge on any atom is 0.328 e. The van der Waals surface area contributed by atoms with E-state index in [-0.39, 0.29) is 5.69 Å². The van der Waals surface area contributed by atoms with Crippen LogP contribution in [0.15, 0.2) is 66.7 Å². The van der Waals surface area contributed by atoms with Gasteiger partial charge >= 0.3 is 11.8 Å². The first-order valence-electron chi connectivity index (χ1n) is 12.8. The summed E-state index contributed by atoms with van der Waals surface area (Å²) in [5.41, 5.74) is 6.12. The maximum absolute atomic E-state index is 13.4. The summed E-state index contributed by atoms with van der Waals surface area (Å²) in [5, 5.41) is 6.60. The van der Waals surface area contributed by atoms with Crippen molar-refractivity contribution in [2.75, 3.05) is 22.7 Å². The van der Waals surface area contributed by atoms with E-state index < -0.39 is 17.7 Å². The van der Waals surface area contributed by atoms with Crippen molar-refractivity contribution in [2.45, 2.75) is 40.0 Å². The Balaban J connectivity index is 1.51. The fourth-order valence-corrected chi connectivity index (χ4v) is 4.36. The molecule has 0 fully saturated rings. The van der Waals surface area contributed by atoms with Crippen molar-refractivity contribution in [3.05, 3.63) is 88.6 Å². The molecule has 3 amide bonds. The first-order chi connectivity index (χ1) is 18.8. The van der Waals surface area contributed by atoms with Gasteiger partial charge in [0.2, 0.25) is 0 Å². The Morgan fingerprint density at radius 2 is 1.59 bits per heavy atom. The normalized spacial score (nSPS) is 10.8. The molecule has 0 bridgehead atoms. The number of nitrogens with one attached hydrogen (secondary N) is 3. The molecule has 4 rings (SSSR count). The minimum Gasteiger partial charge on any atom is -0.494 e. The zero-order valence-corrected chi connectivity index (χ0v) is 22.9. The lowest BCUT2D eigenvalue weighted by molar-refractivity contribution is -0.133. The number of rotatable bonds is 9. The van der Waals surface area contributed by atoms with Crippen LogP contribution in [-0.2, 0) is 9.59 Å². The largest absolute Gasteiger partial charge is 0.494 e. The summed E-state index contributed by atoms with van der Waals surface area (Å²) in [6.07, 6.45) is 3.18. The number of carbonyl (C=O) groups is 3. The zero-order valence-electron chi connectivity index (χ0n) is 22.1. The van der Waals surface area contributed by atoms with Gasteiger partial charge in [0.05, 0.1) is 12.1 Å². The zero-order chi connectivity index (χ0) is 27.9. The standard InChI is InChI=1S/C30H31ClN4O4/c1-4-5-6-16-39-24-13-11-23(12-14-24)32-29(37)30(38)34-35-25-15-10-22(31)17-21(25)18-26(35)28(36)33-27-19(2)8-7-9-20(27)3/h7-15,17-18H,4-6,16H2,1-3H3,(H,32,37)(H,33,36)(H,34,38). The van der Waals surface area contributed by atoms with E-state index in [1.165, 1.54) is 4.68 Å². The number of unbranched alkanes of at least 4 members (excludes halogenated alkanes) is 2. The summed E-state index contributed by atoms with van der Waals surface area (Å²) in [7, 11) is 0. The fourth-order valence-electron chi connectivity index (χ4n) is 4.18. The van der Waals surface area contributed by atoms with Crippen molar-refractivity contribution in [1.82, 2.24) is 4.68 Å². The van der Waals surface area contributed by atoms with Gasteiger partial charge in [-0.3, -0.25) is 19.8 Å². The predicted octanol–water partition coefficient (Wildman–Crippen LogP) is 6.44. The molecule has 8 nitrogen and oxygen atoms in total. The van der Waals surface area contributed by atoms with E-state index in [0.717, 1.165) is 30.4 Å². The summed E-state index contributed by atoms with van der Waals surface area (Å²) < 4.78 is 6.98. The number of hydrogen-bond donors (Lipinski definition) is 3. The molecule has 3 aromatic carbocycles. The van der Waals surface area contributed by atoms with Crippen LogP contribution in [0.4, 0.5) is 11.4 Å². The smallest absolute Gasteiger partial charge is 0.328 e. The number of carbonyl (C=O) groups excluding carboxylic acids is 3. The number of nitrogens with zero attached hydrogens (tertiary/aromatic N) is 1. The van der Waals surface area contributed by atoms with Gasteiger partial charge in [0.15, 0.2) is 0 Å². The minimum atomic E-state index is -0.941. The van der Waals surface area contributed by atoms with E-state index in [9.17, 15) is 14.4 Å². The molecule has 0 saturated carbocycles. The highest BCUT2D eigenvalue weighted by molar-refractivity contribution is 6.42. The van der Waals surface area contributed by atoms with Crippen LogP contribution in [0.5, 0.6) is 5.75 Å². The van der Waals surface area contributed by atoms with Crippen LogP contribution in [-0.4, -0.2) is 29.0 Å². The van der Waals surface area contributed by atoms with Crippen molar-refractivity contribution >= 4 is 51.6 Å². The molecule has 0 atom stereocenters. The second-order valence-corrected chi connectivity index (χ2v) is 9.70. The Bertz CT molecular complexity index is 1490. The van der Waals surface area contributed by atoms with Gasteiger partial charge in [-0.1, -0.05) is 49.6 Å². The topological polar surface area (TPSA) is 101 Å². The van der Waals surface area contributed by atoms with Gasteiger partial charge in [-0.05, 0) is 79.9 Å². The number of aryl methyl sites for hydroxylation is 2. The summed E-state index contributed by atoms with van der Waals surface area (Å²) in [6.45, 7) is 6.55. The second-order valence-electron chi connectivity index (χ2n) is 9.26. The summed E-state index contributed by atoms with van der Waals surface area (Å²) in [4.78, 5) is 39.0. The van der Waals surface area contributed by atoms with Crippen LogP contribution in [0.25, 0.3) is 10.9 Å². The molecule has 0 spiro atoms. The Kier molecular flexibility index (Phi) is 8.88. The summed E-state index contributed by atoms with van der Waals surface area (Å²) in [6, 6.07) is 19.1. The number of hydrogen-bond acceptors (Lipinski definition) is 4. The SMILES string of the molecule is CCCCCOc1ccc(NC(=O)C(=O)Nn2c(C(=O)Nc3c(C)cccc3C)cc3cc(Cl)ccc32)cc1. The van der Waals surface area contributed by atoms with Gasteiger partial charge < -0.3 is 15.4 Å². The molecular formula is C30H31ClN4O4. The molecule has 202 valence electrons. The molecule has 0 aliphatic heterocycles. The molecule has 1 heterocycles.